The molecular formula is C10H10F2N4O2S. The minimum atomic E-state index is -4.03. The van der Waals surface area contributed by atoms with Crippen LogP contribution in [-0.2, 0) is 16.6 Å². The number of rotatable bonds is 3. The average Bonchev–Trinajstić information content (AvgIpc) is 2.76. The van der Waals surface area contributed by atoms with E-state index in [1.54, 1.807) is 6.92 Å². The van der Waals surface area contributed by atoms with Gasteiger partial charge in [-0.3, -0.25) is 4.57 Å². The number of aromatic nitrogens is 3. The van der Waals surface area contributed by atoms with E-state index in [-0.39, 0.29) is 17.9 Å². The summed E-state index contributed by atoms with van der Waals surface area (Å²) in [5.41, 5.74) is 0.211. The second-order valence-electron chi connectivity index (χ2n) is 3.72. The molecule has 1 aromatic heterocycles. The van der Waals surface area contributed by atoms with Crippen molar-refractivity contribution in [3.05, 3.63) is 29.8 Å². The molecule has 0 atom stereocenters. The zero-order chi connectivity index (χ0) is 14.2. The molecule has 0 spiro atoms. The van der Waals surface area contributed by atoms with Crippen LogP contribution in [0.3, 0.4) is 0 Å². The number of halogens is 2. The smallest absolute Gasteiger partial charge is 0.273 e. The molecule has 0 fully saturated rings. The number of primary sulfonamides is 1. The Morgan fingerprint density at radius 3 is 2.47 bits per heavy atom. The third-order valence-electron chi connectivity index (χ3n) is 2.47. The first-order chi connectivity index (χ1) is 8.84. The van der Waals surface area contributed by atoms with Crippen LogP contribution >= 0.6 is 0 Å². The van der Waals surface area contributed by atoms with Crippen LogP contribution in [0.5, 0.6) is 0 Å². The van der Waals surface area contributed by atoms with E-state index in [4.69, 9.17) is 5.14 Å². The average molecular weight is 288 g/mol. The van der Waals surface area contributed by atoms with Gasteiger partial charge in [0.15, 0.2) is 17.5 Å². The van der Waals surface area contributed by atoms with Gasteiger partial charge in [0.2, 0.25) is 0 Å². The van der Waals surface area contributed by atoms with E-state index in [0.29, 0.717) is 0 Å². The summed E-state index contributed by atoms with van der Waals surface area (Å²) in [4.78, 5) is 0. The van der Waals surface area contributed by atoms with Gasteiger partial charge < -0.3 is 0 Å². The van der Waals surface area contributed by atoms with Gasteiger partial charge in [-0.25, -0.2) is 22.3 Å². The highest BCUT2D eigenvalue weighted by Crippen LogP contribution is 2.21. The zero-order valence-corrected chi connectivity index (χ0v) is 10.7. The Morgan fingerprint density at radius 2 is 1.95 bits per heavy atom. The second kappa shape index (κ2) is 4.67. The molecule has 2 N–H and O–H groups in total. The molecule has 0 bridgehead atoms. The summed E-state index contributed by atoms with van der Waals surface area (Å²) in [6.07, 6.45) is 0. The van der Waals surface area contributed by atoms with Crippen molar-refractivity contribution in [2.75, 3.05) is 0 Å². The van der Waals surface area contributed by atoms with Crippen molar-refractivity contribution in [2.24, 2.45) is 5.14 Å². The lowest BCUT2D eigenvalue weighted by molar-refractivity contribution is 0.509. The van der Waals surface area contributed by atoms with E-state index in [9.17, 15) is 17.2 Å². The summed E-state index contributed by atoms with van der Waals surface area (Å²) in [6.45, 7) is 1.87. The predicted octanol–water partition coefficient (Wildman–Crippen LogP) is 0.891. The molecule has 2 rings (SSSR count). The summed E-state index contributed by atoms with van der Waals surface area (Å²) in [5, 5.41) is 11.7. The van der Waals surface area contributed by atoms with Crippen molar-refractivity contribution in [1.82, 2.24) is 14.8 Å². The number of nitrogens with zero attached hydrogens (tertiary/aromatic N) is 3. The summed E-state index contributed by atoms with van der Waals surface area (Å²) < 4.78 is 49.8. The fourth-order valence-corrected chi connectivity index (χ4v) is 2.31. The Hall–Kier alpha value is -1.87. The van der Waals surface area contributed by atoms with E-state index < -0.39 is 26.8 Å². The summed E-state index contributed by atoms with van der Waals surface area (Å²) in [7, 11) is -4.03. The predicted molar refractivity (Wildman–Crippen MR) is 62.4 cm³/mol. The molecule has 1 aromatic carbocycles. The van der Waals surface area contributed by atoms with Crippen LogP contribution < -0.4 is 5.14 Å². The van der Waals surface area contributed by atoms with Gasteiger partial charge in [0.25, 0.3) is 15.2 Å². The zero-order valence-electron chi connectivity index (χ0n) is 9.84. The molecule has 19 heavy (non-hydrogen) atoms. The van der Waals surface area contributed by atoms with E-state index >= 15 is 0 Å². The third kappa shape index (κ3) is 2.47. The molecule has 0 saturated heterocycles. The minimum Gasteiger partial charge on any atom is -0.297 e. The molecule has 9 heteroatoms. The molecule has 0 saturated carbocycles. The molecular weight excluding hydrogens is 278 g/mol. The molecule has 0 aliphatic rings. The van der Waals surface area contributed by atoms with E-state index in [2.05, 4.69) is 10.2 Å². The molecule has 102 valence electrons. The van der Waals surface area contributed by atoms with Crippen LogP contribution in [0.1, 0.15) is 6.92 Å². The van der Waals surface area contributed by atoms with E-state index in [0.717, 1.165) is 12.1 Å². The lowest BCUT2D eigenvalue weighted by atomic mass is 10.2. The normalized spacial score (nSPS) is 11.8. The van der Waals surface area contributed by atoms with E-state index in [1.165, 1.54) is 10.6 Å². The van der Waals surface area contributed by atoms with Crippen LogP contribution in [0.25, 0.3) is 11.4 Å². The van der Waals surface area contributed by atoms with Gasteiger partial charge in [-0.05, 0) is 25.1 Å². The van der Waals surface area contributed by atoms with Crippen LogP contribution in [-0.4, -0.2) is 23.2 Å². The number of nitrogens with two attached hydrogens (primary N) is 1. The lowest BCUT2D eigenvalue weighted by Crippen LogP contribution is -2.18. The maximum atomic E-state index is 13.2. The highest BCUT2D eigenvalue weighted by Gasteiger charge is 2.21. The van der Waals surface area contributed by atoms with Gasteiger partial charge in [-0.15, -0.1) is 10.2 Å². The lowest BCUT2D eigenvalue weighted by Gasteiger charge is -2.06. The Morgan fingerprint density at radius 1 is 1.26 bits per heavy atom. The first-order valence-electron chi connectivity index (χ1n) is 5.26. The summed E-state index contributed by atoms with van der Waals surface area (Å²) in [5.74, 6) is -1.95. The Balaban J connectivity index is 2.63. The van der Waals surface area contributed by atoms with Gasteiger partial charge in [0.1, 0.15) is 0 Å². The van der Waals surface area contributed by atoms with Crippen LogP contribution in [0.4, 0.5) is 8.78 Å². The van der Waals surface area contributed by atoms with Gasteiger partial charge in [-0.2, -0.15) is 0 Å². The molecule has 1 heterocycles. The van der Waals surface area contributed by atoms with Crippen molar-refractivity contribution in [3.63, 3.8) is 0 Å². The molecule has 6 nitrogen and oxygen atoms in total. The Labute approximate surface area is 107 Å². The number of sulfonamides is 1. The highest BCUT2D eigenvalue weighted by atomic mass is 32.2. The van der Waals surface area contributed by atoms with E-state index in [1.807, 2.05) is 0 Å². The van der Waals surface area contributed by atoms with Crippen molar-refractivity contribution in [1.29, 1.82) is 0 Å². The van der Waals surface area contributed by atoms with Gasteiger partial charge >= 0.3 is 0 Å². The first-order valence-corrected chi connectivity index (χ1v) is 6.80. The van der Waals surface area contributed by atoms with Crippen LogP contribution in [0.2, 0.25) is 0 Å². The number of hydrogen-bond acceptors (Lipinski definition) is 4. The third-order valence-corrected chi connectivity index (χ3v) is 3.28. The summed E-state index contributed by atoms with van der Waals surface area (Å²) in [6, 6.07) is 3.12. The van der Waals surface area contributed by atoms with Gasteiger partial charge in [-0.1, -0.05) is 0 Å². The Kier molecular flexibility index (Phi) is 3.33. The van der Waals surface area contributed by atoms with Crippen molar-refractivity contribution in [2.45, 2.75) is 18.6 Å². The molecule has 0 aliphatic heterocycles. The molecule has 0 unspecified atom stereocenters. The standard InChI is InChI=1S/C10H10F2N4O2S/c1-2-16-9(14-15-10(16)19(13,17)18)6-3-4-7(11)8(12)5-6/h3-5H,2H2,1H3,(H2,13,17,18). The van der Waals surface area contributed by atoms with Crippen molar-refractivity contribution < 1.29 is 17.2 Å². The quantitative estimate of drug-likeness (QED) is 0.908. The van der Waals surface area contributed by atoms with Crippen LogP contribution in [0.15, 0.2) is 23.4 Å². The fourth-order valence-electron chi connectivity index (χ4n) is 1.63. The molecule has 0 aliphatic carbocycles. The minimum absolute atomic E-state index is 0.102. The van der Waals surface area contributed by atoms with Crippen molar-refractivity contribution >= 4 is 10.0 Å². The SMILES string of the molecule is CCn1c(-c2ccc(F)c(F)c2)nnc1S(N)(=O)=O. The fraction of sp³-hybridized carbons (Fsp3) is 0.200. The number of benzene rings is 1. The van der Waals surface area contributed by atoms with Crippen molar-refractivity contribution in [3.8, 4) is 11.4 Å². The topological polar surface area (TPSA) is 90.9 Å². The maximum Gasteiger partial charge on any atom is 0.273 e. The van der Waals surface area contributed by atoms with Gasteiger partial charge in [0.05, 0.1) is 0 Å². The van der Waals surface area contributed by atoms with Gasteiger partial charge in [0, 0.05) is 12.1 Å². The second-order valence-corrected chi connectivity index (χ2v) is 5.18. The first kappa shape index (κ1) is 13.6. The monoisotopic (exact) mass is 288 g/mol. The highest BCUT2D eigenvalue weighted by molar-refractivity contribution is 7.89. The van der Waals surface area contributed by atoms with Crippen LogP contribution in [0, 0.1) is 11.6 Å². The molecule has 2 aromatic rings. The summed E-state index contributed by atoms with van der Waals surface area (Å²) >= 11 is 0. The number of hydrogen-bond donors (Lipinski definition) is 1. The largest absolute Gasteiger partial charge is 0.297 e. The maximum absolute atomic E-state index is 13.2. The molecule has 0 radical (unpaired) electrons. The Bertz CT molecular complexity index is 727. The molecule has 0 amide bonds.